The Labute approximate surface area is 106 Å². The second kappa shape index (κ2) is 7.70. The maximum absolute atomic E-state index is 12.0. The van der Waals surface area contributed by atoms with E-state index in [1.54, 1.807) is 0 Å². The van der Waals surface area contributed by atoms with E-state index >= 15 is 0 Å². The van der Waals surface area contributed by atoms with Crippen LogP contribution in [0, 0.1) is 11.8 Å². The number of hydrogen-bond acceptors (Lipinski definition) is 2. The Hall–Kier alpha value is -0.570. The van der Waals surface area contributed by atoms with Gasteiger partial charge in [-0.05, 0) is 25.2 Å². The van der Waals surface area contributed by atoms with E-state index in [9.17, 15) is 4.79 Å². The van der Waals surface area contributed by atoms with Crippen LogP contribution in [0.1, 0.15) is 58.8 Å². The van der Waals surface area contributed by atoms with E-state index in [4.69, 9.17) is 5.73 Å². The lowest BCUT2D eigenvalue weighted by Gasteiger charge is -2.30. The fourth-order valence-corrected chi connectivity index (χ4v) is 2.82. The average molecular weight is 240 g/mol. The van der Waals surface area contributed by atoms with E-state index < -0.39 is 0 Å². The van der Waals surface area contributed by atoms with Gasteiger partial charge in [-0.3, -0.25) is 4.79 Å². The quantitative estimate of drug-likeness (QED) is 0.749. The van der Waals surface area contributed by atoms with Crippen LogP contribution in [0.5, 0.6) is 0 Å². The number of nitrogens with one attached hydrogen (secondary N) is 1. The molecular formula is C14H28N2O. The Balaban J connectivity index is 2.38. The van der Waals surface area contributed by atoms with Gasteiger partial charge >= 0.3 is 0 Å². The molecule has 1 fully saturated rings. The van der Waals surface area contributed by atoms with Gasteiger partial charge in [-0.15, -0.1) is 0 Å². The molecule has 0 aromatic heterocycles. The monoisotopic (exact) mass is 240 g/mol. The first-order valence-electron chi connectivity index (χ1n) is 7.21. The number of carbonyl (C=O) groups is 1. The van der Waals surface area contributed by atoms with Crippen molar-refractivity contribution in [2.24, 2.45) is 17.6 Å². The van der Waals surface area contributed by atoms with Gasteiger partial charge in [-0.25, -0.2) is 0 Å². The molecule has 3 heteroatoms. The predicted molar refractivity (Wildman–Crippen MR) is 71.6 cm³/mol. The third-order valence-corrected chi connectivity index (χ3v) is 4.00. The molecule has 1 saturated carbocycles. The van der Waals surface area contributed by atoms with Crippen molar-refractivity contribution < 1.29 is 4.79 Å². The summed E-state index contributed by atoms with van der Waals surface area (Å²) in [6.45, 7) is 4.82. The van der Waals surface area contributed by atoms with Gasteiger partial charge in [0.1, 0.15) is 0 Å². The first kappa shape index (κ1) is 14.5. The molecule has 3 nitrogen and oxygen atoms in total. The fourth-order valence-electron chi connectivity index (χ4n) is 2.82. The summed E-state index contributed by atoms with van der Waals surface area (Å²) in [6, 6.07) is 0.395. The lowest BCUT2D eigenvalue weighted by atomic mass is 9.84. The molecule has 3 unspecified atom stereocenters. The molecule has 0 aliphatic heterocycles. The molecule has 1 rings (SSSR count). The van der Waals surface area contributed by atoms with Gasteiger partial charge in [0.2, 0.25) is 5.91 Å². The standard InChI is InChI=1S/C14H28N2O/c1-3-6-12(10-15)14(17)16-13-8-5-7-11(4-2)9-13/h11-13H,3-10,15H2,1-2H3,(H,16,17). The number of hydrogen-bond donors (Lipinski definition) is 2. The Morgan fingerprint density at radius 1 is 1.41 bits per heavy atom. The van der Waals surface area contributed by atoms with Gasteiger partial charge in [0, 0.05) is 12.6 Å². The van der Waals surface area contributed by atoms with Crippen molar-refractivity contribution >= 4 is 5.91 Å². The Kier molecular flexibility index (Phi) is 6.56. The summed E-state index contributed by atoms with van der Waals surface area (Å²) in [7, 11) is 0. The lowest BCUT2D eigenvalue weighted by Crippen LogP contribution is -2.43. The second-order valence-electron chi connectivity index (χ2n) is 5.37. The summed E-state index contributed by atoms with van der Waals surface area (Å²) in [5.74, 6) is 0.995. The van der Waals surface area contributed by atoms with Crippen LogP contribution in [0.25, 0.3) is 0 Å². The summed E-state index contributed by atoms with van der Waals surface area (Å²) in [4.78, 5) is 12.0. The van der Waals surface area contributed by atoms with Crippen molar-refractivity contribution in [3.8, 4) is 0 Å². The normalized spacial score (nSPS) is 26.5. The zero-order valence-electron chi connectivity index (χ0n) is 11.4. The largest absolute Gasteiger partial charge is 0.353 e. The number of amides is 1. The van der Waals surface area contributed by atoms with Crippen molar-refractivity contribution in [1.82, 2.24) is 5.32 Å². The van der Waals surface area contributed by atoms with Crippen molar-refractivity contribution in [2.75, 3.05) is 6.54 Å². The molecule has 17 heavy (non-hydrogen) atoms. The summed E-state index contributed by atoms with van der Waals surface area (Å²) >= 11 is 0. The van der Waals surface area contributed by atoms with Crippen molar-refractivity contribution in [3.63, 3.8) is 0 Å². The first-order valence-corrected chi connectivity index (χ1v) is 7.21. The topological polar surface area (TPSA) is 55.1 Å². The molecule has 0 saturated heterocycles. The average Bonchev–Trinajstić information content (AvgIpc) is 2.36. The van der Waals surface area contributed by atoms with E-state index in [2.05, 4.69) is 19.2 Å². The van der Waals surface area contributed by atoms with E-state index in [0.717, 1.165) is 31.6 Å². The minimum atomic E-state index is 0.0157. The number of nitrogens with two attached hydrogens (primary N) is 1. The second-order valence-corrected chi connectivity index (χ2v) is 5.37. The van der Waals surface area contributed by atoms with Crippen LogP contribution in [-0.4, -0.2) is 18.5 Å². The molecule has 1 aliphatic carbocycles. The van der Waals surface area contributed by atoms with Gasteiger partial charge in [-0.1, -0.05) is 39.5 Å². The van der Waals surface area contributed by atoms with E-state index in [-0.39, 0.29) is 11.8 Å². The molecule has 3 N–H and O–H groups in total. The van der Waals surface area contributed by atoms with Gasteiger partial charge in [0.15, 0.2) is 0 Å². The smallest absolute Gasteiger partial charge is 0.224 e. The predicted octanol–water partition coefficient (Wildman–Crippen LogP) is 2.45. The molecule has 3 atom stereocenters. The highest BCUT2D eigenvalue weighted by atomic mass is 16.1. The first-order chi connectivity index (χ1) is 8.21. The van der Waals surface area contributed by atoms with Crippen LogP contribution in [0.3, 0.4) is 0 Å². The SMILES string of the molecule is CCCC(CN)C(=O)NC1CCCC(CC)C1. The zero-order valence-corrected chi connectivity index (χ0v) is 11.4. The molecule has 1 aliphatic rings. The molecule has 0 aromatic rings. The summed E-state index contributed by atoms with van der Waals surface area (Å²) < 4.78 is 0. The van der Waals surface area contributed by atoms with Gasteiger partial charge in [-0.2, -0.15) is 0 Å². The van der Waals surface area contributed by atoms with Crippen molar-refractivity contribution in [3.05, 3.63) is 0 Å². The summed E-state index contributed by atoms with van der Waals surface area (Å²) in [6.07, 6.45) is 8.06. The molecule has 0 spiro atoms. The molecular weight excluding hydrogens is 212 g/mol. The molecule has 0 aromatic carbocycles. The molecule has 0 heterocycles. The fraction of sp³-hybridized carbons (Fsp3) is 0.929. The number of rotatable bonds is 6. The third-order valence-electron chi connectivity index (χ3n) is 4.00. The van der Waals surface area contributed by atoms with E-state index in [1.165, 1.54) is 19.3 Å². The highest BCUT2D eigenvalue weighted by molar-refractivity contribution is 5.79. The van der Waals surface area contributed by atoms with Crippen LogP contribution < -0.4 is 11.1 Å². The van der Waals surface area contributed by atoms with Crippen LogP contribution in [-0.2, 0) is 4.79 Å². The number of carbonyl (C=O) groups excluding carboxylic acids is 1. The van der Waals surface area contributed by atoms with Crippen molar-refractivity contribution in [2.45, 2.75) is 64.8 Å². The summed E-state index contributed by atoms with van der Waals surface area (Å²) in [5.41, 5.74) is 5.66. The van der Waals surface area contributed by atoms with Crippen molar-refractivity contribution in [1.29, 1.82) is 0 Å². The zero-order chi connectivity index (χ0) is 12.7. The van der Waals surface area contributed by atoms with Crippen LogP contribution >= 0.6 is 0 Å². The van der Waals surface area contributed by atoms with Gasteiger partial charge in [0.05, 0.1) is 5.92 Å². The Morgan fingerprint density at radius 2 is 2.18 bits per heavy atom. The maximum Gasteiger partial charge on any atom is 0.224 e. The third kappa shape index (κ3) is 4.66. The van der Waals surface area contributed by atoms with Gasteiger partial charge in [0.25, 0.3) is 0 Å². The van der Waals surface area contributed by atoms with E-state index in [0.29, 0.717) is 12.6 Å². The molecule has 100 valence electrons. The maximum atomic E-state index is 12.0. The Bertz CT molecular complexity index is 230. The van der Waals surface area contributed by atoms with E-state index in [1.807, 2.05) is 0 Å². The van der Waals surface area contributed by atoms with Crippen LogP contribution in [0.4, 0.5) is 0 Å². The Morgan fingerprint density at radius 3 is 2.76 bits per heavy atom. The minimum absolute atomic E-state index is 0.0157. The highest BCUT2D eigenvalue weighted by Gasteiger charge is 2.24. The molecule has 0 radical (unpaired) electrons. The van der Waals surface area contributed by atoms with Gasteiger partial charge < -0.3 is 11.1 Å². The molecule has 1 amide bonds. The lowest BCUT2D eigenvalue weighted by molar-refractivity contribution is -0.126. The minimum Gasteiger partial charge on any atom is -0.353 e. The highest BCUT2D eigenvalue weighted by Crippen LogP contribution is 2.26. The van der Waals surface area contributed by atoms with Crippen LogP contribution in [0.2, 0.25) is 0 Å². The van der Waals surface area contributed by atoms with Crippen LogP contribution in [0.15, 0.2) is 0 Å². The summed E-state index contributed by atoms with van der Waals surface area (Å²) in [5, 5.41) is 3.20. The molecule has 0 bridgehead atoms.